The number of rotatable bonds is 5. The van der Waals surface area contributed by atoms with Gasteiger partial charge in [0.2, 0.25) is 5.91 Å². The molecular formula is C25H21F2N5O3. The molecule has 10 heteroatoms. The number of aromatic amines is 1. The van der Waals surface area contributed by atoms with Crippen LogP contribution in [-0.4, -0.2) is 38.7 Å². The molecule has 3 N–H and O–H groups in total. The fourth-order valence-electron chi connectivity index (χ4n) is 4.45. The molecule has 178 valence electrons. The Hall–Kier alpha value is -4.47. The molecule has 0 radical (unpaired) electrons. The first kappa shape index (κ1) is 22.3. The lowest BCUT2D eigenvalue weighted by atomic mass is 9.99. The summed E-state index contributed by atoms with van der Waals surface area (Å²) >= 11 is 0. The highest BCUT2D eigenvalue weighted by Gasteiger charge is 2.30. The molecule has 0 aliphatic carbocycles. The number of anilines is 1. The van der Waals surface area contributed by atoms with Crippen LogP contribution < -0.4 is 16.0 Å². The van der Waals surface area contributed by atoms with Gasteiger partial charge in [0.1, 0.15) is 17.1 Å². The van der Waals surface area contributed by atoms with E-state index in [9.17, 15) is 18.4 Å². The number of H-pyrrole nitrogens is 1. The number of ether oxygens (including phenoxy) is 1. The van der Waals surface area contributed by atoms with Crippen molar-refractivity contribution in [3.8, 4) is 17.2 Å². The predicted molar refractivity (Wildman–Crippen MR) is 127 cm³/mol. The van der Waals surface area contributed by atoms with Crippen LogP contribution in [0.5, 0.6) is 11.5 Å². The van der Waals surface area contributed by atoms with E-state index in [1.165, 1.54) is 6.08 Å². The van der Waals surface area contributed by atoms with Gasteiger partial charge in [-0.3, -0.25) is 9.59 Å². The summed E-state index contributed by atoms with van der Waals surface area (Å²) in [5.41, 5.74) is 7.64. The van der Waals surface area contributed by atoms with Crippen LogP contribution in [0.3, 0.4) is 0 Å². The Bertz CT molecular complexity index is 1510. The highest BCUT2D eigenvalue weighted by molar-refractivity contribution is 5.92. The van der Waals surface area contributed by atoms with Crippen molar-refractivity contribution in [3.05, 3.63) is 88.9 Å². The second-order valence-corrected chi connectivity index (χ2v) is 8.26. The summed E-state index contributed by atoms with van der Waals surface area (Å²) in [4.78, 5) is 26.5. The van der Waals surface area contributed by atoms with Crippen LogP contribution in [0, 0.1) is 11.6 Å². The number of likely N-dealkylation sites (tertiary alicyclic amines) is 1. The van der Waals surface area contributed by atoms with E-state index in [4.69, 9.17) is 10.5 Å². The number of halogens is 2. The van der Waals surface area contributed by atoms with E-state index in [2.05, 4.69) is 16.8 Å². The number of amides is 1. The summed E-state index contributed by atoms with van der Waals surface area (Å²) in [6, 6.07) is 9.58. The van der Waals surface area contributed by atoms with Crippen LogP contribution >= 0.6 is 0 Å². The third-order valence-electron chi connectivity index (χ3n) is 6.13. The van der Waals surface area contributed by atoms with Gasteiger partial charge in [0, 0.05) is 37.0 Å². The third-order valence-corrected chi connectivity index (χ3v) is 6.13. The summed E-state index contributed by atoms with van der Waals surface area (Å²) in [6.45, 7) is 4.56. The van der Waals surface area contributed by atoms with E-state index in [1.807, 2.05) is 6.20 Å². The monoisotopic (exact) mass is 477 g/mol. The molecule has 0 spiro atoms. The van der Waals surface area contributed by atoms with Gasteiger partial charge in [0.25, 0.3) is 5.56 Å². The topological polar surface area (TPSA) is 106 Å². The third kappa shape index (κ3) is 4.03. The van der Waals surface area contributed by atoms with Gasteiger partial charge in [-0.1, -0.05) is 6.58 Å². The molecule has 1 saturated heterocycles. The molecule has 1 amide bonds. The normalized spacial score (nSPS) is 15.5. The van der Waals surface area contributed by atoms with Crippen molar-refractivity contribution in [1.82, 2.24) is 19.7 Å². The maximum Gasteiger partial charge on any atom is 0.274 e. The number of carbonyl (C=O) groups is 1. The van der Waals surface area contributed by atoms with Crippen molar-refractivity contribution in [2.75, 3.05) is 18.8 Å². The second kappa shape index (κ2) is 8.71. The molecule has 0 bridgehead atoms. The Morgan fingerprint density at radius 2 is 2.00 bits per heavy atom. The van der Waals surface area contributed by atoms with E-state index in [1.54, 1.807) is 33.7 Å². The maximum absolute atomic E-state index is 13.9. The largest absolute Gasteiger partial charge is 0.454 e. The second-order valence-electron chi connectivity index (χ2n) is 8.26. The van der Waals surface area contributed by atoms with Gasteiger partial charge in [-0.25, -0.2) is 13.9 Å². The molecule has 1 aliphatic rings. The highest BCUT2D eigenvalue weighted by atomic mass is 19.1. The van der Waals surface area contributed by atoms with Crippen molar-refractivity contribution < 1.29 is 18.3 Å². The number of hydrogen-bond donors (Lipinski definition) is 2. The fraction of sp³-hybridized carbons (Fsp3) is 0.160. The van der Waals surface area contributed by atoms with Crippen LogP contribution in [0.2, 0.25) is 0 Å². The van der Waals surface area contributed by atoms with Crippen molar-refractivity contribution in [2.24, 2.45) is 0 Å². The Morgan fingerprint density at radius 3 is 2.74 bits per heavy atom. The molecule has 4 aromatic rings. The Labute approximate surface area is 198 Å². The van der Waals surface area contributed by atoms with E-state index in [0.717, 1.165) is 23.8 Å². The molecule has 1 unspecified atom stereocenters. The van der Waals surface area contributed by atoms with Crippen LogP contribution in [0.15, 0.2) is 66.1 Å². The fourth-order valence-corrected chi connectivity index (χ4v) is 4.45. The number of benzene rings is 2. The van der Waals surface area contributed by atoms with Crippen molar-refractivity contribution in [2.45, 2.75) is 12.3 Å². The van der Waals surface area contributed by atoms with Crippen molar-refractivity contribution in [1.29, 1.82) is 0 Å². The smallest absolute Gasteiger partial charge is 0.274 e. The number of nitrogen functional groups attached to an aromatic ring is 1. The quantitative estimate of drug-likeness (QED) is 0.425. The number of aromatic nitrogens is 3. The van der Waals surface area contributed by atoms with E-state index < -0.39 is 11.6 Å². The number of nitrogens with two attached hydrogens (primary N) is 1. The van der Waals surface area contributed by atoms with Crippen LogP contribution in [-0.2, 0) is 4.79 Å². The van der Waals surface area contributed by atoms with Crippen molar-refractivity contribution >= 4 is 22.6 Å². The molecule has 2 aromatic carbocycles. The molecule has 1 fully saturated rings. The van der Waals surface area contributed by atoms with Gasteiger partial charge >= 0.3 is 0 Å². The summed E-state index contributed by atoms with van der Waals surface area (Å²) in [5, 5.41) is 6.77. The van der Waals surface area contributed by atoms with Gasteiger partial charge in [0.05, 0.1) is 5.39 Å². The average molecular weight is 477 g/mol. The SMILES string of the molecule is C=CC(=O)N1CCC(c2cn(-c3ccc(Oc4cc(F)ccc4F)cc3)c3c(N)n[nH]c(=O)c23)C1. The Kier molecular flexibility index (Phi) is 5.56. The zero-order valence-electron chi connectivity index (χ0n) is 18.5. The molecule has 2 aromatic heterocycles. The minimum absolute atomic E-state index is 0.0656. The van der Waals surface area contributed by atoms with E-state index in [0.29, 0.717) is 41.9 Å². The zero-order valence-corrected chi connectivity index (χ0v) is 18.5. The molecule has 35 heavy (non-hydrogen) atoms. The summed E-state index contributed by atoms with van der Waals surface area (Å²) in [5.74, 6) is -1.31. The van der Waals surface area contributed by atoms with Gasteiger partial charge < -0.3 is 19.9 Å². The predicted octanol–water partition coefficient (Wildman–Crippen LogP) is 3.87. The molecular weight excluding hydrogens is 456 g/mol. The molecule has 5 rings (SSSR count). The number of fused-ring (bicyclic) bond motifs is 1. The summed E-state index contributed by atoms with van der Waals surface area (Å²) < 4.78 is 34.6. The van der Waals surface area contributed by atoms with Crippen LogP contribution in [0.1, 0.15) is 17.9 Å². The van der Waals surface area contributed by atoms with Crippen molar-refractivity contribution in [3.63, 3.8) is 0 Å². The van der Waals surface area contributed by atoms with Gasteiger partial charge in [-0.2, -0.15) is 5.10 Å². The molecule has 3 heterocycles. The van der Waals surface area contributed by atoms with Gasteiger partial charge in [-0.15, -0.1) is 0 Å². The number of nitrogens with one attached hydrogen (secondary N) is 1. The highest BCUT2D eigenvalue weighted by Crippen LogP contribution is 2.35. The molecule has 0 saturated carbocycles. The first-order valence-corrected chi connectivity index (χ1v) is 10.9. The molecule has 1 aliphatic heterocycles. The number of hydrogen-bond acceptors (Lipinski definition) is 5. The van der Waals surface area contributed by atoms with Gasteiger partial charge in [0.15, 0.2) is 17.4 Å². The number of carbonyl (C=O) groups excluding carboxylic acids is 1. The molecule has 8 nitrogen and oxygen atoms in total. The first-order valence-electron chi connectivity index (χ1n) is 10.9. The Morgan fingerprint density at radius 1 is 1.23 bits per heavy atom. The maximum atomic E-state index is 13.9. The van der Waals surface area contributed by atoms with Crippen LogP contribution in [0.4, 0.5) is 14.6 Å². The van der Waals surface area contributed by atoms with Gasteiger partial charge in [-0.05, 0) is 54.5 Å². The van der Waals surface area contributed by atoms with E-state index >= 15 is 0 Å². The average Bonchev–Trinajstić information content (AvgIpc) is 3.50. The first-order chi connectivity index (χ1) is 16.9. The standard InChI is InChI=1S/C25H21F2N5O3/c1-2-21(33)31-10-9-14(12-31)18-13-32(23-22(18)25(34)30-29-24(23)28)16-4-6-17(7-5-16)35-20-11-15(26)3-8-19(20)27/h2-8,11,13-14H,1,9-10,12H2,(H2,28,29)(H,30,34). The lowest BCUT2D eigenvalue weighted by Crippen LogP contribution is -2.26. The number of nitrogens with zero attached hydrogens (tertiary/aromatic N) is 3. The minimum atomic E-state index is -0.685. The summed E-state index contributed by atoms with van der Waals surface area (Å²) in [6.07, 6.45) is 3.79. The van der Waals surface area contributed by atoms with Crippen LogP contribution in [0.25, 0.3) is 16.6 Å². The molecule has 1 atom stereocenters. The lowest BCUT2D eigenvalue weighted by molar-refractivity contribution is -0.125. The lowest BCUT2D eigenvalue weighted by Gasteiger charge is -2.13. The zero-order chi connectivity index (χ0) is 24.7. The summed E-state index contributed by atoms with van der Waals surface area (Å²) in [7, 11) is 0. The minimum Gasteiger partial charge on any atom is -0.454 e. The Balaban J connectivity index is 1.53. The van der Waals surface area contributed by atoms with E-state index in [-0.39, 0.29) is 29.0 Å².